The summed E-state index contributed by atoms with van der Waals surface area (Å²) in [6, 6.07) is 8.29. The highest BCUT2D eigenvalue weighted by Gasteiger charge is 2.32. The van der Waals surface area contributed by atoms with Crippen molar-refractivity contribution in [3.8, 4) is 5.75 Å². The minimum Gasteiger partial charge on any atom is -0.508 e. The lowest BCUT2D eigenvalue weighted by atomic mass is 10.00. The summed E-state index contributed by atoms with van der Waals surface area (Å²) in [6.07, 6.45) is 2.73. The van der Waals surface area contributed by atoms with Crippen molar-refractivity contribution in [2.45, 2.75) is 122 Å². The van der Waals surface area contributed by atoms with E-state index < -0.39 is 84.1 Å². The van der Waals surface area contributed by atoms with Gasteiger partial charge in [-0.05, 0) is 81.0 Å². The molecule has 0 aliphatic rings. The number of hydrogen-bond acceptors (Lipinski definition) is 11. The number of unbranched alkanes of at least 4 members (excludes halogenated alkanes) is 1. The van der Waals surface area contributed by atoms with E-state index in [0.29, 0.717) is 24.1 Å². The van der Waals surface area contributed by atoms with Crippen molar-refractivity contribution >= 4 is 53.3 Å². The molecule has 18 N–H and O–H groups in total. The van der Waals surface area contributed by atoms with Crippen LogP contribution in [-0.2, 0) is 46.4 Å². The summed E-state index contributed by atoms with van der Waals surface area (Å²) in [5.74, 6) is -5.14. The number of rotatable bonds is 30. The Labute approximate surface area is 392 Å². The molecule has 0 saturated carbocycles. The lowest BCUT2D eigenvalue weighted by Gasteiger charge is -2.27. The number of guanidine groups is 2. The van der Waals surface area contributed by atoms with E-state index in [4.69, 9.17) is 28.0 Å². The van der Waals surface area contributed by atoms with E-state index >= 15 is 0 Å². The molecule has 67 heavy (non-hydrogen) atoms. The molecule has 0 heterocycles. The zero-order chi connectivity index (χ0) is 49.9. The zero-order valence-electron chi connectivity index (χ0n) is 39.0. The first-order valence-corrected chi connectivity index (χ1v) is 22.6. The molecule has 370 valence electrons. The predicted molar refractivity (Wildman–Crippen MR) is 254 cm³/mol. The van der Waals surface area contributed by atoms with E-state index in [2.05, 4.69) is 47.9 Å². The Hall–Kier alpha value is -6.97. The SMILES string of the molecule is CCCCNC(=O)[C@H](CCCNC(=N)N)NC(=O)[C@H](CCCNC(=N)N)NC(=O)[C@H](CC(C)C)NC(=O)[C@H](Cc1ccccc1)NC(=O)CNC(=O)[C@@H](C)NC(=O)[C@@H](N)Cc1ccc(O)cc1. The van der Waals surface area contributed by atoms with Crippen LogP contribution >= 0.6 is 0 Å². The average Bonchev–Trinajstić information content (AvgIpc) is 3.27. The van der Waals surface area contributed by atoms with Gasteiger partial charge in [0.05, 0.1) is 12.6 Å². The van der Waals surface area contributed by atoms with Crippen LogP contribution < -0.4 is 65.1 Å². The molecule has 0 aliphatic carbocycles. The van der Waals surface area contributed by atoms with Crippen molar-refractivity contribution < 1.29 is 38.7 Å². The summed E-state index contributed by atoms with van der Waals surface area (Å²) in [6.45, 7) is 7.37. The van der Waals surface area contributed by atoms with E-state index in [1.165, 1.54) is 19.1 Å². The molecule has 0 radical (unpaired) electrons. The number of nitrogens with two attached hydrogens (primary N) is 3. The number of phenolic OH excluding ortho intramolecular Hbond substituents is 1. The molecule has 0 saturated heterocycles. The highest BCUT2D eigenvalue weighted by molar-refractivity contribution is 5.96. The largest absolute Gasteiger partial charge is 0.508 e. The minimum atomic E-state index is -1.23. The maximum absolute atomic E-state index is 14.1. The second-order valence-electron chi connectivity index (χ2n) is 16.7. The third-order valence-corrected chi connectivity index (χ3v) is 10.2. The van der Waals surface area contributed by atoms with Crippen LogP contribution in [0.15, 0.2) is 54.6 Å². The van der Waals surface area contributed by atoms with Gasteiger partial charge in [-0.25, -0.2) is 0 Å². The number of amides is 7. The fourth-order valence-electron chi connectivity index (χ4n) is 6.62. The molecule has 0 bridgehead atoms. The van der Waals surface area contributed by atoms with Gasteiger partial charge in [-0.15, -0.1) is 0 Å². The second kappa shape index (κ2) is 30.3. The van der Waals surface area contributed by atoms with Crippen molar-refractivity contribution in [3.05, 3.63) is 65.7 Å². The number of aromatic hydroxyl groups is 1. The normalized spacial score (nSPS) is 13.5. The molecular formula is C45H72N14O8. The van der Waals surface area contributed by atoms with Gasteiger partial charge in [0.25, 0.3) is 0 Å². The molecule has 0 spiro atoms. The van der Waals surface area contributed by atoms with Crippen molar-refractivity contribution in [3.63, 3.8) is 0 Å². The quantitative estimate of drug-likeness (QED) is 0.0243. The number of carbonyl (C=O) groups is 7. The molecule has 6 atom stereocenters. The van der Waals surface area contributed by atoms with E-state index in [1.807, 2.05) is 20.8 Å². The standard InChI is InChI=1S/C45H72N14O8/c1-5-6-20-51-40(64)33(14-10-21-52-44(47)48)57-41(65)34(15-11-22-53-45(49)50)58-42(66)35(23-27(2)3)59-43(67)36(25-29-12-8-7-9-13-29)56-37(61)26-54-38(62)28(4)55-39(63)32(46)24-30-16-18-31(60)19-17-30/h7-9,12-13,16-19,27-28,32-36,60H,5-6,10-11,14-15,20-26,46H2,1-4H3,(H,51,64)(H,54,62)(H,55,63)(H,56,61)(H,57,65)(H,58,66)(H,59,67)(H4,47,48,52)(H4,49,50,53)/t28-,32+,33+,34+,35+,36+/m1/s1. The van der Waals surface area contributed by atoms with Gasteiger partial charge in [0, 0.05) is 26.1 Å². The van der Waals surface area contributed by atoms with Gasteiger partial charge >= 0.3 is 0 Å². The number of carbonyl (C=O) groups excluding carboxylic acids is 7. The van der Waals surface area contributed by atoms with Crippen molar-refractivity contribution in [1.82, 2.24) is 47.9 Å². The van der Waals surface area contributed by atoms with Crippen LogP contribution in [0.25, 0.3) is 0 Å². The van der Waals surface area contributed by atoms with Gasteiger partial charge in [-0.3, -0.25) is 44.4 Å². The first-order valence-electron chi connectivity index (χ1n) is 22.6. The van der Waals surface area contributed by atoms with Gasteiger partial charge in [-0.1, -0.05) is 69.7 Å². The Morgan fingerprint density at radius 3 is 1.63 bits per heavy atom. The Morgan fingerprint density at radius 1 is 0.567 bits per heavy atom. The average molecular weight is 937 g/mol. The summed E-state index contributed by atoms with van der Waals surface area (Å²) in [7, 11) is 0. The molecular weight excluding hydrogens is 865 g/mol. The van der Waals surface area contributed by atoms with Crippen LogP contribution in [0.5, 0.6) is 5.75 Å². The fraction of sp³-hybridized carbons (Fsp3) is 0.533. The van der Waals surface area contributed by atoms with Crippen LogP contribution in [-0.4, -0.2) is 121 Å². The lowest BCUT2D eigenvalue weighted by Crippen LogP contribution is -2.59. The fourth-order valence-corrected chi connectivity index (χ4v) is 6.62. The molecule has 2 rings (SSSR count). The molecule has 0 unspecified atom stereocenters. The molecule has 0 aromatic heterocycles. The topological polar surface area (TPSA) is 374 Å². The van der Waals surface area contributed by atoms with E-state index in [1.54, 1.807) is 42.5 Å². The first kappa shape index (κ1) is 56.2. The highest BCUT2D eigenvalue weighted by atomic mass is 16.3. The van der Waals surface area contributed by atoms with Gasteiger partial charge in [0.15, 0.2) is 11.9 Å². The summed E-state index contributed by atoms with van der Waals surface area (Å²) < 4.78 is 0. The minimum absolute atomic E-state index is 0.00554. The van der Waals surface area contributed by atoms with Crippen LogP contribution in [0.4, 0.5) is 0 Å². The molecule has 0 fully saturated rings. The van der Waals surface area contributed by atoms with Gasteiger partial charge in [-0.2, -0.15) is 0 Å². The Kier molecular flexibility index (Phi) is 25.4. The maximum atomic E-state index is 14.1. The molecule has 2 aromatic carbocycles. The molecule has 22 nitrogen and oxygen atoms in total. The number of phenols is 1. The summed E-state index contributed by atoms with van der Waals surface area (Å²) in [5.41, 5.74) is 18.3. The first-order chi connectivity index (χ1) is 31.8. The number of benzene rings is 2. The number of nitrogens with one attached hydrogen (secondary N) is 11. The lowest BCUT2D eigenvalue weighted by molar-refractivity contribution is -0.135. The molecule has 2 aromatic rings. The van der Waals surface area contributed by atoms with E-state index in [-0.39, 0.29) is 75.2 Å². The van der Waals surface area contributed by atoms with Crippen molar-refractivity contribution in [1.29, 1.82) is 10.8 Å². The van der Waals surface area contributed by atoms with Crippen LogP contribution in [0.3, 0.4) is 0 Å². The Morgan fingerprint density at radius 2 is 1.07 bits per heavy atom. The summed E-state index contributed by atoms with van der Waals surface area (Å²) in [4.78, 5) is 94.4. The zero-order valence-corrected chi connectivity index (χ0v) is 39.0. The highest BCUT2D eigenvalue weighted by Crippen LogP contribution is 2.12. The number of hydrogen-bond donors (Lipinski definition) is 15. The van der Waals surface area contributed by atoms with Crippen LogP contribution in [0, 0.1) is 16.7 Å². The van der Waals surface area contributed by atoms with Crippen molar-refractivity contribution in [2.75, 3.05) is 26.2 Å². The third kappa shape index (κ3) is 23.2. The van der Waals surface area contributed by atoms with Crippen molar-refractivity contribution in [2.24, 2.45) is 23.1 Å². The van der Waals surface area contributed by atoms with Gasteiger partial charge in [0.2, 0.25) is 41.4 Å². The van der Waals surface area contributed by atoms with Gasteiger partial charge < -0.3 is 70.2 Å². The van der Waals surface area contributed by atoms with E-state index in [9.17, 15) is 38.7 Å². The molecule has 7 amide bonds. The monoisotopic (exact) mass is 937 g/mol. The van der Waals surface area contributed by atoms with Crippen LogP contribution in [0.1, 0.15) is 83.8 Å². The van der Waals surface area contributed by atoms with Crippen LogP contribution in [0.2, 0.25) is 0 Å². The summed E-state index contributed by atoms with van der Waals surface area (Å²) >= 11 is 0. The molecule has 22 heteroatoms. The van der Waals surface area contributed by atoms with Gasteiger partial charge in [0.1, 0.15) is 36.0 Å². The summed E-state index contributed by atoms with van der Waals surface area (Å²) in [5, 5.41) is 48.5. The molecule has 0 aliphatic heterocycles. The Bertz CT molecular complexity index is 1940. The third-order valence-electron chi connectivity index (χ3n) is 10.2. The second-order valence-corrected chi connectivity index (χ2v) is 16.7. The Balaban J connectivity index is 2.24. The smallest absolute Gasteiger partial charge is 0.243 e. The van der Waals surface area contributed by atoms with E-state index in [0.717, 1.165) is 12.8 Å². The maximum Gasteiger partial charge on any atom is 0.243 e. The predicted octanol–water partition coefficient (Wildman–Crippen LogP) is -1.45.